The van der Waals surface area contributed by atoms with Crippen LogP contribution in [0.1, 0.15) is 27.2 Å². The molecule has 3 rings (SSSR count). The Morgan fingerprint density at radius 1 is 1.44 bits per heavy atom. The highest BCUT2D eigenvalue weighted by Crippen LogP contribution is 2.52. The van der Waals surface area contributed by atoms with Crippen molar-refractivity contribution in [2.75, 3.05) is 20.1 Å². The van der Waals surface area contributed by atoms with Crippen LogP contribution in [-0.2, 0) is 14.4 Å². The van der Waals surface area contributed by atoms with Gasteiger partial charge in [-0.1, -0.05) is 6.92 Å². The molecule has 0 aromatic heterocycles. The van der Waals surface area contributed by atoms with Gasteiger partial charge < -0.3 is 25.3 Å². The van der Waals surface area contributed by atoms with E-state index in [1.807, 2.05) is 20.9 Å². The Labute approximate surface area is 163 Å². The fourth-order valence-electron chi connectivity index (χ4n) is 4.89. The number of aliphatic hydroxyl groups excluding tert-OH is 1. The molecule has 0 aliphatic carbocycles. The van der Waals surface area contributed by atoms with Crippen LogP contribution < -0.4 is 5.73 Å². The highest BCUT2D eigenvalue weighted by molar-refractivity contribution is 8.03. The SMILES string of the molecule is CC[N+]1(C)C[C@@H](SC2=C(C(=O)O)N3C(=O)[C@H]([C@@H](C)O)[C@H]3[C@H]2C)C[C@H]1C(N)=O. The Morgan fingerprint density at radius 2 is 2.07 bits per heavy atom. The molecule has 0 spiro atoms. The van der Waals surface area contributed by atoms with E-state index in [4.69, 9.17) is 5.73 Å². The number of carbonyl (C=O) groups is 3. The van der Waals surface area contributed by atoms with Crippen molar-refractivity contribution >= 4 is 29.5 Å². The van der Waals surface area contributed by atoms with E-state index >= 15 is 0 Å². The molecule has 7 atom stereocenters. The molecular weight excluding hydrogens is 370 g/mol. The molecule has 0 aromatic rings. The molecule has 0 bridgehead atoms. The van der Waals surface area contributed by atoms with Crippen molar-refractivity contribution in [3.8, 4) is 0 Å². The van der Waals surface area contributed by atoms with Gasteiger partial charge >= 0.3 is 5.97 Å². The number of quaternary nitrogens is 1. The van der Waals surface area contributed by atoms with Crippen LogP contribution in [-0.4, -0.2) is 81.0 Å². The zero-order valence-corrected chi connectivity index (χ0v) is 16.9. The largest absolute Gasteiger partial charge is 0.477 e. The molecule has 3 aliphatic heterocycles. The number of nitrogens with zero attached hydrogens (tertiary/aromatic N) is 2. The molecule has 3 aliphatic rings. The van der Waals surface area contributed by atoms with E-state index in [-0.39, 0.29) is 40.8 Å². The van der Waals surface area contributed by atoms with Crippen LogP contribution in [0.2, 0.25) is 0 Å². The van der Waals surface area contributed by atoms with Gasteiger partial charge in [-0.2, -0.15) is 0 Å². The number of carbonyl (C=O) groups excluding carboxylic acids is 2. The summed E-state index contributed by atoms with van der Waals surface area (Å²) in [6.07, 6.45) is -0.224. The molecule has 2 amide bonds. The number of hydrogen-bond acceptors (Lipinski definition) is 5. The third-order valence-corrected chi connectivity index (χ3v) is 8.01. The Kier molecular flexibility index (Phi) is 5.07. The summed E-state index contributed by atoms with van der Waals surface area (Å²) in [5.74, 6) is -2.51. The van der Waals surface area contributed by atoms with E-state index in [1.54, 1.807) is 6.92 Å². The monoisotopic (exact) mass is 398 g/mol. The van der Waals surface area contributed by atoms with Gasteiger partial charge in [0.15, 0.2) is 6.04 Å². The number of carboxylic acid groups (broad SMARTS) is 1. The zero-order valence-electron chi connectivity index (χ0n) is 16.1. The second-order valence-electron chi connectivity index (χ2n) is 8.14. The average Bonchev–Trinajstić information content (AvgIpc) is 3.02. The maximum atomic E-state index is 12.4. The molecule has 1 unspecified atom stereocenters. The first-order chi connectivity index (χ1) is 12.5. The molecule has 2 fully saturated rings. The maximum Gasteiger partial charge on any atom is 0.353 e. The van der Waals surface area contributed by atoms with Gasteiger partial charge in [0.2, 0.25) is 5.91 Å². The zero-order chi connectivity index (χ0) is 20.3. The summed E-state index contributed by atoms with van der Waals surface area (Å²) in [7, 11) is 2.00. The first-order valence-electron chi connectivity index (χ1n) is 9.32. The predicted molar refractivity (Wildman–Crippen MR) is 100 cm³/mol. The Bertz CT molecular complexity index is 724. The minimum absolute atomic E-state index is 0.0348. The summed E-state index contributed by atoms with van der Waals surface area (Å²) in [5.41, 5.74) is 5.63. The molecule has 0 radical (unpaired) electrons. The van der Waals surface area contributed by atoms with E-state index in [0.29, 0.717) is 15.8 Å². The molecule has 2 saturated heterocycles. The number of primary amides is 1. The van der Waals surface area contributed by atoms with Gasteiger partial charge in [0.25, 0.3) is 5.91 Å². The highest BCUT2D eigenvalue weighted by Gasteiger charge is 2.60. The third-order valence-electron chi connectivity index (χ3n) is 6.51. The topological polar surface area (TPSA) is 121 Å². The number of thioether (sulfide) groups is 1. The van der Waals surface area contributed by atoms with Gasteiger partial charge in [-0.05, 0) is 13.8 Å². The summed E-state index contributed by atoms with van der Waals surface area (Å²) < 4.78 is 0.541. The number of β-lactam (4-membered cyclic amide) rings is 1. The van der Waals surface area contributed by atoms with Crippen LogP contribution in [0.25, 0.3) is 0 Å². The quantitative estimate of drug-likeness (QED) is 0.427. The van der Waals surface area contributed by atoms with E-state index < -0.39 is 18.0 Å². The molecule has 4 N–H and O–H groups in total. The van der Waals surface area contributed by atoms with E-state index in [0.717, 1.165) is 13.1 Å². The Morgan fingerprint density at radius 3 is 2.52 bits per heavy atom. The maximum absolute atomic E-state index is 12.4. The molecular formula is C18H28N3O5S+. The van der Waals surface area contributed by atoms with E-state index in [1.165, 1.54) is 16.7 Å². The molecule has 0 aromatic carbocycles. The van der Waals surface area contributed by atoms with Crippen LogP contribution in [0.3, 0.4) is 0 Å². The lowest BCUT2D eigenvalue weighted by Crippen LogP contribution is -2.63. The minimum atomic E-state index is -1.12. The van der Waals surface area contributed by atoms with Gasteiger partial charge in [-0.3, -0.25) is 9.59 Å². The van der Waals surface area contributed by atoms with Crippen LogP contribution in [0.5, 0.6) is 0 Å². The summed E-state index contributed by atoms with van der Waals surface area (Å²) in [6.45, 7) is 6.97. The lowest BCUT2D eigenvalue weighted by atomic mass is 9.79. The summed E-state index contributed by atoms with van der Waals surface area (Å²) >= 11 is 1.46. The molecule has 9 heteroatoms. The summed E-state index contributed by atoms with van der Waals surface area (Å²) in [6, 6.07) is -0.603. The average molecular weight is 399 g/mol. The van der Waals surface area contributed by atoms with Crippen molar-refractivity contribution in [3.63, 3.8) is 0 Å². The first-order valence-corrected chi connectivity index (χ1v) is 10.2. The van der Waals surface area contributed by atoms with Gasteiger partial charge in [-0.15, -0.1) is 11.8 Å². The second-order valence-corrected chi connectivity index (χ2v) is 9.49. The number of aliphatic hydroxyl groups is 1. The number of carboxylic acids is 1. The highest BCUT2D eigenvalue weighted by atomic mass is 32.2. The Balaban J connectivity index is 1.87. The second kappa shape index (κ2) is 6.79. The number of amides is 2. The molecule has 150 valence electrons. The number of fused-ring (bicyclic) bond motifs is 1. The fourth-order valence-corrected chi connectivity index (χ4v) is 6.59. The van der Waals surface area contributed by atoms with Crippen molar-refractivity contribution in [2.24, 2.45) is 17.6 Å². The van der Waals surface area contributed by atoms with E-state index in [9.17, 15) is 24.6 Å². The first kappa shape index (κ1) is 20.2. The van der Waals surface area contributed by atoms with Crippen molar-refractivity contribution in [3.05, 3.63) is 10.6 Å². The van der Waals surface area contributed by atoms with Crippen molar-refractivity contribution < 1.29 is 29.1 Å². The van der Waals surface area contributed by atoms with Gasteiger partial charge in [0, 0.05) is 17.2 Å². The number of aliphatic carboxylic acids is 1. The van der Waals surface area contributed by atoms with E-state index in [2.05, 4.69) is 0 Å². The Hall–Kier alpha value is -1.58. The normalized spacial score (nSPS) is 39.4. The molecule has 3 heterocycles. The fraction of sp³-hybridized carbons (Fsp3) is 0.722. The molecule has 8 nitrogen and oxygen atoms in total. The van der Waals surface area contributed by atoms with Crippen LogP contribution in [0, 0.1) is 11.8 Å². The smallest absolute Gasteiger partial charge is 0.353 e. The van der Waals surface area contributed by atoms with Crippen LogP contribution in [0.15, 0.2) is 10.6 Å². The molecule has 27 heavy (non-hydrogen) atoms. The number of nitrogens with two attached hydrogens (primary N) is 1. The minimum Gasteiger partial charge on any atom is -0.477 e. The third kappa shape index (κ3) is 2.96. The number of hydrogen-bond donors (Lipinski definition) is 3. The lowest BCUT2D eigenvalue weighted by molar-refractivity contribution is -0.910. The van der Waals surface area contributed by atoms with Gasteiger partial charge in [0.1, 0.15) is 5.70 Å². The number of rotatable bonds is 6. The van der Waals surface area contributed by atoms with Gasteiger partial charge in [-0.25, -0.2) is 4.79 Å². The van der Waals surface area contributed by atoms with Crippen LogP contribution >= 0.6 is 11.8 Å². The summed E-state index contributed by atoms with van der Waals surface area (Å²) in [4.78, 5) is 38.2. The molecule has 0 saturated carbocycles. The number of likely N-dealkylation sites (N-methyl/N-ethyl adjacent to an activating group) is 1. The lowest BCUT2D eigenvalue weighted by Gasteiger charge is -2.46. The van der Waals surface area contributed by atoms with Crippen molar-refractivity contribution in [1.29, 1.82) is 0 Å². The van der Waals surface area contributed by atoms with Gasteiger partial charge in [0.05, 0.1) is 43.5 Å². The van der Waals surface area contributed by atoms with Crippen LogP contribution in [0.4, 0.5) is 0 Å². The summed E-state index contributed by atoms with van der Waals surface area (Å²) in [5, 5.41) is 19.7. The van der Waals surface area contributed by atoms with Crippen molar-refractivity contribution in [2.45, 2.75) is 50.6 Å². The number of likely N-dealkylation sites (tertiary alicyclic amines) is 1. The predicted octanol–water partition coefficient (Wildman–Crippen LogP) is -0.0340. The standard InChI is InChI=1S/C18H27N3O5S/c1-5-21(4)7-10(6-11(21)16(19)23)27-15-8(2)13-12(9(3)22)17(24)20(13)14(15)18(25)26/h8-13,22H,5-7H2,1-4H3,(H2-,19,23,25,26)/p+1/t8-,9-,10+,11+,12-,13-,21?/m1/s1. The van der Waals surface area contributed by atoms with Crippen molar-refractivity contribution in [1.82, 2.24) is 4.90 Å².